The minimum absolute atomic E-state index is 0.0862. The average Bonchev–Trinajstić information content (AvgIpc) is 3.41. The second-order valence-electron chi connectivity index (χ2n) is 7.64. The first-order chi connectivity index (χ1) is 14.4. The number of nitrogens with two attached hydrogens (primary N) is 1. The third kappa shape index (κ3) is 3.56. The van der Waals surface area contributed by atoms with E-state index in [9.17, 15) is 14.4 Å². The molecule has 156 valence electrons. The van der Waals surface area contributed by atoms with Crippen molar-refractivity contribution in [3.8, 4) is 0 Å². The van der Waals surface area contributed by atoms with E-state index in [2.05, 4.69) is 10.6 Å². The van der Waals surface area contributed by atoms with E-state index in [1.807, 2.05) is 6.07 Å². The summed E-state index contributed by atoms with van der Waals surface area (Å²) in [7, 11) is 1.60. The van der Waals surface area contributed by atoms with Gasteiger partial charge in [-0.15, -0.1) is 11.3 Å². The Bertz CT molecular complexity index is 1060. The number of hydrogen-bond donors (Lipinski definition) is 4. The van der Waals surface area contributed by atoms with Gasteiger partial charge in [-0.3, -0.25) is 14.4 Å². The Morgan fingerprint density at radius 1 is 1.23 bits per heavy atom. The van der Waals surface area contributed by atoms with E-state index in [0.29, 0.717) is 54.0 Å². The maximum Gasteiger partial charge on any atom is 0.261 e. The van der Waals surface area contributed by atoms with E-state index in [4.69, 9.17) is 11.1 Å². The van der Waals surface area contributed by atoms with Crippen LogP contribution in [0, 0.1) is 5.41 Å². The molecule has 1 aliphatic heterocycles. The van der Waals surface area contributed by atoms with Crippen molar-refractivity contribution < 1.29 is 14.4 Å². The molecule has 8 nitrogen and oxygen atoms in total. The van der Waals surface area contributed by atoms with Crippen molar-refractivity contribution in [1.29, 1.82) is 5.41 Å². The molecule has 0 unspecified atom stereocenters. The summed E-state index contributed by atoms with van der Waals surface area (Å²) >= 11 is 1.47. The van der Waals surface area contributed by atoms with Crippen LogP contribution in [-0.4, -0.2) is 48.0 Å². The number of anilines is 1. The van der Waals surface area contributed by atoms with E-state index in [-0.39, 0.29) is 17.7 Å². The predicted molar refractivity (Wildman–Crippen MR) is 115 cm³/mol. The number of rotatable bonds is 5. The second kappa shape index (κ2) is 7.56. The van der Waals surface area contributed by atoms with Crippen molar-refractivity contribution in [1.82, 2.24) is 15.5 Å². The summed E-state index contributed by atoms with van der Waals surface area (Å²) in [6.45, 7) is 1.01. The highest BCUT2D eigenvalue weighted by Gasteiger charge is 2.53. The lowest BCUT2D eigenvalue weighted by Gasteiger charge is -2.31. The van der Waals surface area contributed by atoms with Crippen LogP contribution in [0.25, 0.3) is 0 Å². The van der Waals surface area contributed by atoms with Gasteiger partial charge in [-0.25, -0.2) is 0 Å². The fourth-order valence-corrected chi connectivity index (χ4v) is 4.80. The lowest BCUT2D eigenvalue weighted by atomic mass is 10.1. The van der Waals surface area contributed by atoms with E-state index in [0.717, 1.165) is 16.7 Å². The molecule has 1 aromatic carbocycles. The monoisotopic (exact) mass is 425 g/mol. The standard InChI is InChI=1S/C21H23N5O3S/c1-24-19(28)17-9-14-11-26(7-4-16(14)30-17)20(29)21(5-6-21)25-18(27)12-2-3-15(23)13(8-12)10-22/h2-3,8-10,22H,4-7,11,23H2,1H3,(H,24,28)(H,25,27). The summed E-state index contributed by atoms with van der Waals surface area (Å²) in [5, 5.41) is 12.9. The molecule has 2 aromatic rings. The third-order valence-electron chi connectivity index (χ3n) is 5.62. The Morgan fingerprint density at radius 2 is 2.00 bits per heavy atom. The molecule has 9 heteroatoms. The Morgan fingerprint density at radius 3 is 2.67 bits per heavy atom. The van der Waals surface area contributed by atoms with Gasteiger partial charge in [0.05, 0.1) is 4.88 Å². The van der Waals surface area contributed by atoms with Gasteiger partial charge < -0.3 is 26.7 Å². The van der Waals surface area contributed by atoms with E-state index in [1.165, 1.54) is 11.3 Å². The van der Waals surface area contributed by atoms with Crippen molar-refractivity contribution >= 4 is 41.0 Å². The van der Waals surface area contributed by atoms with Gasteiger partial charge in [0.15, 0.2) is 0 Å². The topological polar surface area (TPSA) is 128 Å². The summed E-state index contributed by atoms with van der Waals surface area (Å²) in [5.74, 6) is -0.554. The minimum Gasteiger partial charge on any atom is -0.398 e. The number of fused-ring (bicyclic) bond motifs is 1. The lowest BCUT2D eigenvalue weighted by molar-refractivity contribution is -0.135. The van der Waals surface area contributed by atoms with Gasteiger partial charge >= 0.3 is 0 Å². The number of nitrogens with zero attached hydrogens (tertiary/aromatic N) is 1. The van der Waals surface area contributed by atoms with Crippen LogP contribution in [0.3, 0.4) is 0 Å². The minimum atomic E-state index is -0.875. The van der Waals surface area contributed by atoms with Crippen LogP contribution in [0.5, 0.6) is 0 Å². The number of carbonyl (C=O) groups excluding carboxylic acids is 3. The number of benzene rings is 1. The largest absolute Gasteiger partial charge is 0.398 e. The fourth-order valence-electron chi connectivity index (χ4n) is 3.69. The molecular weight excluding hydrogens is 402 g/mol. The first kappa shape index (κ1) is 20.1. The van der Waals surface area contributed by atoms with Gasteiger partial charge in [-0.05, 0) is 49.1 Å². The van der Waals surface area contributed by atoms with Gasteiger partial charge in [-0.2, -0.15) is 0 Å². The molecule has 1 saturated carbocycles. The quantitative estimate of drug-likeness (QED) is 0.428. The first-order valence-corrected chi connectivity index (χ1v) is 10.5. The summed E-state index contributed by atoms with van der Waals surface area (Å²) in [6, 6.07) is 6.58. The van der Waals surface area contributed by atoms with Crippen molar-refractivity contribution in [2.75, 3.05) is 19.3 Å². The second-order valence-corrected chi connectivity index (χ2v) is 8.78. The molecule has 0 radical (unpaired) electrons. The molecular formula is C21H23N5O3S. The zero-order valence-corrected chi connectivity index (χ0v) is 17.4. The zero-order valence-electron chi connectivity index (χ0n) is 16.6. The number of nitrogens with one attached hydrogen (secondary N) is 3. The van der Waals surface area contributed by atoms with E-state index in [1.54, 1.807) is 30.1 Å². The first-order valence-electron chi connectivity index (χ1n) is 9.72. The van der Waals surface area contributed by atoms with Crippen molar-refractivity contribution in [2.24, 2.45) is 0 Å². The Balaban J connectivity index is 1.47. The van der Waals surface area contributed by atoms with Crippen LogP contribution >= 0.6 is 11.3 Å². The van der Waals surface area contributed by atoms with Crippen LogP contribution in [0.1, 0.15) is 48.9 Å². The maximum atomic E-state index is 13.2. The number of carbonyl (C=O) groups is 3. The van der Waals surface area contributed by atoms with Crippen molar-refractivity contribution in [2.45, 2.75) is 31.3 Å². The maximum absolute atomic E-state index is 13.2. The summed E-state index contributed by atoms with van der Waals surface area (Å²) in [4.78, 5) is 41.4. The SMILES string of the molecule is CNC(=O)c1cc2c(s1)CCN(C(=O)C1(NC(=O)c3ccc(N)c(C=N)c3)CC1)C2. The Hall–Kier alpha value is -3.20. The van der Waals surface area contributed by atoms with Gasteiger partial charge in [-0.1, -0.05) is 0 Å². The van der Waals surface area contributed by atoms with Crippen molar-refractivity contribution in [3.05, 3.63) is 50.7 Å². The van der Waals surface area contributed by atoms with Gasteiger partial charge in [0.1, 0.15) is 5.54 Å². The van der Waals surface area contributed by atoms with Gasteiger partial charge in [0.25, 0.3) is 11.8 Å². The molecule has 3 amide bonds. The summed E-state index contributed by atoms with van der Waals surface area (Å²) < 4.78 is 0. The van der Waals surface area contributed by atoms with Crippen LogP contribution in [-0.2, 0) is 17.8 Å². The third-order valence-corrected chi connectivity index (χ3v) is 6.86. The van der Waals surface area contributed by atoms with Crippen molar-refractivity contribution in [3.63, 3.8) is 0 Å². The molecule has 5 N–H and O–H groups in total. The van der Waals surface area contributed by atoms with Crippen LogP contribution in [0.2, 0.25) is 0 Å². The molecule has 30 heavy (non-hydrogen) atoms. The molecule has 4 rings (SSSR count). The number of hydrogen-bond acceptors (Lipinski definition) is 6. The van der Waals surface area contributed by atoms with Gasteiger partial charge in [0.2, 0.25) is 5.91 Å². The van der Waals surface area contributed by atoms with E-state index < -0.39 is 5.54 Å². The molecule has 0 bridgehead atoms. The highest BCUT2D eigenvalue weighted by molar-refractivity contribution is 7.14. The lowest BCUT2D eigenvalue weighted by Crippen LogP contribution is -2.51. The Kier molecular flexibility index (Phi) is 5.07. The summed E-state index contributed by atoms with van der Waals surface area (Å²) in [6.07, 6.45) is 3.00. The molecule has 1 aliphatic carbocycles. The number of amides is 3. The molecule has 0 spiro atoms. The number of thiophene rings is 1. The average molecular weight is 426 g/mol. The summed E-state index contributed by atoms with van der Waals surface area (Å²) in [5.41, 5.74) is 7.17. The molecule has 1 fully saturated rings. The van der Waals surface area contributed by atoms with Crippen LogP contribution in [0.15, 0.2) is 24.3 Å². The highest BCUT2D eigenvalue weighted by Crippen LogP contribution is 2.39. The molecule has 2 aliphatic rings. The molecule has 2 heterocycles. The van der Waals surface area contributed by atoms with Crippen LogP contribution < -0.4 is 16.4 Å². The number of nitrogen functional groups attached to an aromatic ring is 1. The normalized spacial score (nSPS) is 16.4. The van der Waals surface area contributed by atoms with Crippen LogP contribution in [0.4, 0.5) is 5.69 Å². The van der Waals surface area contributed by atoms with E-state index >= 15 is 0 Å². The highest BCUT2D eigenvalue weighted by atomic mass is 32.1. The molecule has 1 aromatic heterocycles. The Labute approximate surface area is 178 Å². The van der Waals surface area contributed by atoms with Gasteiger partial charge in [0, 0.05) is 48.0 Å². The smallest absolute Gasteiger partial charge is 0.261 e. The fraction of sp³-hybridized carbons (Fsp3) is 0.333. The molecule has 0 saturated heterocycles. The predicted octanol–water partition coefficient (Wildman–Crippen LogP) is 1.53. The molecule has 0 atom stereocenters. The zero-order chi connectivity index (χ0) is 21.5.